The summed E-state index contributed by atoms with van der Waals surface area (Å²) in [7, 11) is 0. The number of hydrogen-bond donors (Lipinski definition) is 2. The fourth-order valence-electron chi connectivity index (χ4n) is 3.74. The van der Waals surface area contributed by atoms with E-state index in [-0.39, 0.29) is 12.1 Å². The molecule has 4 nitrogen and oxygen atoms in total. The van der Waals surface area contributed by atoms with Gasteiger partial charge in [-0.15, -0.1) is 0 Å². The summed E-state index contributed by atoms with van der Waals surface area (Å²) in [6.07, 6.45) is 1.31. The Morgan fingerprint density at radius 2 is 1.88 bits per heavy atom. The summed E-state index contributed by atoms with van der Waals surface area (Å²) >= 11 is 0. The molecule has 0 amide bonds. The topological polar surface area (TPSA) is 59.3 Å². The van der Waals surface area contributed by atoms with E-state index in [1.165, 1.54) is 16.7 Å². The van der Waals surface area contributed by atoms with Crippen LogP contribution < -0.4 is 10.2 Å². The van der Waals surface area contributed by atoms with Crippen molar-refractivity contribution in [2.45, 2.75) is 45.8 Å². The minimum Gasteiger partial charge on any atom is -0.393 e. The third-order valence-corrected chi connectivity index (χ3v) is 5.20. The third-order valence-electron chi connectivity index (χ3n) is 5.20. The molecule has 0 bridgehead atoms. The molecule has 2 aromatic carbocycles. The van der Waals surface area contributed by atoms with Crippen molar-refractivity contribution in [3.8, 4) is 6.07 Å². The highest BCUT2D eigenvalue weighted by Crippen LogP contribution is 2.29. The maximum absolute atomic E-state index is 9.69. The van der Waals surface area contributed by atoms with Crippen LogP contribution in [-0.2, 0) is 0 Å². The molecule has 1 heterocycles. The van der Waals surface area contributed by atoms with E-state index in [9.17, 15) is 10.4 Å². The first-order valence-corrected chi connectivity index (χ1v) is 9.29. The van der Waals surface area contributed by atoms with Crippen LogP contribution in [0.15, 0.2) is 36.4 Å². The fraction of sp³-hybridized carbons (Fsp3) is 0.409. The van der Waals surface area contributed by atoms with Crippen LogP contribution in [0.5, 0.6) is 0 Å². The monoisotopic (exact) mass is 349 g/mol. The number of nitrogens with one attached hydrogen (secondary N) is 1. The molecule has 0 spiro atoms. The van der Waals surface area contributed by atoms with Crippen LogP contribution in [0.1, 0.15) is 48.1 Å². The minimum atomic E-state index is -0.212. The smallest absolute Gasteiger partial charge is 0.101 e. The number of anilines is 2. The Morgan fingerprint density at radius 1 is 1.15 bits per heavy atom. The highest BCUT2D eigenvalue weighted by atomic mass is 16.3. The number of benzene rings is 2. The SMILES string of the molecule is Cc1ccc(C(C)Nc2ccc(N3CCC(O)CC3)c(C#N)c2)c(C)c1. The summed E-state index contributed by atoms with van der Waals surface area (Å²) in [6.45, 7) is 7.97. The highest BCUT2D eigenvalue weighted by Gasteiger charge is 2.20. The molecule has 136 valence electrons. The van der Waals surface area contributed by atoms with E-state index < -0.39 is 0 Å². The molecule has 0 aliphatic carbocycles. The summed E-state index contributed by atoms with van der Waals surface area (Å²) in [4.78, 5) is 2.20. The van der Waals surface area contributed by atoms with Crippen LogP contribution in [0.4, 0.5) is 11.4 Å². The Kier molecular flexibility index (Phi) is 5.49. The van der Waals surface area contributed by atoms with Gasteiger partial charge in [0.2, 0.25) is 0 Å². The van der Waals surface area contributed by atoms with Crippen LogP contribution in [0.2, 0.25) is 0 Å². The fourth-order valence-corrected chi connectivity index (χ4v) is 3.74. The van der Waals surface area contributed by atoms with Crippen molar-refractivity contribution in [1.82, 2.24) is 0 Å². The van der Waals surface area contributed by atoms with Gasteiger partial charge in [0, 0.05) is 24.8 Å². The largest absolute Gasteiger partial charge is 0.393 e. The lowest BCUT2D eigenvalue weighted by Crippen LogP contribution is -2.36. The van der Waals surface area contributed by atoms with E-state index in [2.05, 4.69) is 55.3 Å². The van der Waals surface area contributed by atoms with Gasteiger partial charge in [0.1, 0.15) is 6.07 Å². The Labute approximate surface area is 156 Å². The van der Waals surface area contributed by atoms with E-state index in [1.54, 1.807) is 0 Å². The van der Waals surface area contributed by atoms with E-state index >= 15 is 0 Å². The zero-order chi connectivity index (χ0) is 18.7. The molecule has 1 aliphatic heterocycles. The van der Waals surface area contributed by atoms with E-state index in [1.807, 2.05) is 18.2 Å². The molecule has 1 unspecified atom stereocenters. The molecule has 0 aromatic heterocycles. The van der Waals surface area contributed by atoms with Crippen LogP contribution in [0, 0.1) is 25.2 Å². The zero-order valence-corrected chi connectivity index (χ0v) is 15.8. The van der Waals surface area contributed by atoms with Crippen molar-refractivity contribution >= 4 is 11.4 Å². The summed E-state index contributed by atoms with van der Waals surface area (Å²) in [5.74, 6) is 0. The maximum atomic E-state index is 9.69. The zero-order valence-electron chi connectivity index (χ0n) is 15.8. The molecule has 0 saturated carbocycles. The summed E-state index contributed by atoms with van der Waals surface area (Å²) in [5.41, 5.74) is 6.40. The molecule has 1 fully saturated rings. The van der Waals surface area contributed by atoms with Gasteiger partial charge in [0.25, 0.3) is 0 Å². The second kappa shape index (κ2) is 7.80. The number of nitriles is 1. The van der Waals surface area contributed by atoms with Gasteiger partial charge in [0.15, 0.2) is 0 Å². The lowest BCUT2D eigenvalue weighted by molar-refractivity contribution is 0.145. The number of aliphatic hydroxyl groups is 1. The van der Waals surface area contributed by atoms with Gasteiger partial charge in [-0.2, -0.15) is 5.26 Å². The highest BCUT2D eigenvalue weighted by molar-refractivity contribution is 5.66. The van der Waals surface area contributed by atoms with Gasteiger partial charge in [-0.05, 0) is 62.9 Å². The second-order valence-corrected chi connectivity index (χ2v) is 7.29. The second-order valence-electron chi connectivity index (χ2n) is 7.29. The molecular weight excluding hydrogens is 322 g/mol. The average molecular weight is 349 g/mol. The van der Waals surface area contributed by atoms with Crippen molar-refractivity contribution in [1.29, 1.82) is 5.26 Å². The van der Waals surface area contributed by atoms with Crippen molar-refractivity contribution in [2.75, 3.05) is 23.3 Å². The van der Waals surface area contributed by atoms with Crippen molar-refractivity contribution in [3.05, 3.63) is 58.7 Å². The van der Waals surface area contributed by atoms with E-state index in [0.717, 1.165) is 37.3 Å². The Hall–Kier alpha value is -2.51. The summed E-state index contributed by atoms with van der Waals surface area (Å²) < 4.78 is 0. The standard InChI is InChI=1S/C22H27N3O/c1-15-4-6-21(16(2)12-15)17(3)24-19-5-7-22(18(13-19)14-23)25-10-8-20(26)9-11-25/h4-7,12-13,17,20,24,26H,8-11H2,1-3H3. The van der Waals surface area contributed by atoms with Crippen molar-refractivity contribution in [2.24, 2.45) is 0 Å². The summed E-state index contributed by atoms with van der Waals surface area (Å²) in [5, 5.41) is 22.8. The third kappa shape index (κ3) is 4.00. The van der Waals surface area contributed by atoms with Gasteiger partial charge in [0.05, 0.1) is 17.4 Å². The van der Waals surface area contributed by atoms with Crippen LogP contribution in [0.25, 0.3) is 0 Å². The summed E-state index contributed by atoms with van der Waals surface area (Å²) in [6, 6.07) is 15.0. The van der Waals surface area contributed by atoms with Gasteiger partial charge in [-0.25, -0.2) is 0 Å². The number of aliphatic hydroxyl groups excluding tert-OH is 1. The normalized spacial score (nSPS) is 16.2. The predicted octanol–water partition coefficient (Wildman–Crippen LogP) is 4.31. The van der Waals surface area contributed by atoms with Gasteiger partial charge in [-0.1, -0.05) is 23.8 Å². The Balaban J connectivity index is 1.78. The average Bonchev–Trinajstić information content (AvgIpc) is 2.62. The first kappa shape index (κ1) is 18.3. The lowest BCUT2D eigenvalue weighted by atomic mass is 10.00. The Bertz CT molecular complexity index is 817. The quantitative estimate of drug-likeness (QED) is 0.863. The number of hydrogen-bond acceptors (Lipinski definition) is 4. The molecule has 1 saturated heterocycles. The van der Waals surface area contributed by atoms with Gasteiger partial charge < -0.3 is 15.3 Å². The molecule has 1 atom stereocenters. The van der Waals surface area contributed by atoms with Crippen molar-refractivity contribution < 1.29 is 5.11 Å². The van der Waals surface area contributed by atoms with Gasteiger partial charge in [-0.3, -0.25) is 0 Å². The number of aryl methyl sites for hydroxylation is 2. The molecule has 0 radical (unpaired) electrons. The number of rotatable bonds is 4. The van der Waals surface area contributed by atoms with Crippen LogP contribution >= 0.6 is 0 Å². The van der Waals surface area contributed by atoms with Gasteiger partial charge >= 0.3 is 0 Å². The van der Waals surface area contributed by atoms with Crippen molar-refractivity contribution in [3.63, 3.8) is 0 Å². The lowest BCUT2D eigenvalue weighted by Gasteiger charge is -2.32. The van der Waals surface area contributed by atoms with E-state index in [4.69, 9.17) is 0 Å². The molecule has 1 aliphatic rings. The molecule has 2 aromatic rings. The maximum Gasteiger partial charge on any atom is 0.101 e. The predicted molar refractivity (Wildman–Crippen MR) is 107 cm³/mol. The molecule has 3 rings (SSSR count). The van der Waals surface area contributed by atoms with Crippen LogP contribution in [0.3, 0.4) is 0 Å². The molecule has 2 N–H and O–H groups in total. The Morgan fingerprint density at radius 3 is 2.54 bits per heavy atom. The molecule has 4 heteroatoms. The molecular formula is C22H27N3O. The number of nitrogens with zero attached hydrogens (tertiary/aromatic N) is 2. The van der Waals surface area contributed by atoms with E-state index in [0.29, 0.717) is 5.56 Å². The molecule has 26 heavy (non-hydrogen) atoms. The van der Waals surface area contributed by atoms with Crippen LogP contribution in [-0.4, -0.2) is 24.3 Å². The first-order valence-electron chi connectivity index (χ1n) is 9.29. The minimum absolute atomic E-state index is 0.165. The first-order chi connectivity index (χ1) is 12.5. The number of piperidine rings is 1.